The lowest BCUT2D eigenvalue weighted by Crippen LogP contribution is -2.63. The molecule has 2 aliphatic rings. The molecular formula is C17H21N5O5. The second-order valence-electron chi connectivity index (χ2n) is 6.76. The van der Waals surface area contributed by atoms with Gasteiger partial charge >= 0.3 is 0 Å². The molecule has 2 fully saturated rings. The number of nitrogens with zero attached hydrogens (tertiary/aromatic N) is 5. The minimum absolute atomic E-state index is 0.182. The van der Waals surface area contributed by atoms with Gasteiger partial charge in [-0.3, -0.25) is 9.59 Å². The van der Waals surface area contributed by atoms with Crippen LogP contribution in [0.2, 0.25) is 0 Å². The Morgan fingerprint density at radius 2 is 1.78 bits per heavy atom. The largest absolute Gasteiger partial charge is 0.351 e. The van der Waals surface area contributed by atoms with Gasteiger partial charge in [-0.2, -0.15) is 0 Å². The van der Waals surface area contributed by atoms with Crippen molar-refractivity contribution in [3.05, 3.63) is 35.7 Å². The van der Waals surface area contributed by atoms with Gasteiger partial charge in [-0.1, -0.05) is 5.16 Å². The zero-order valence-corrected chi connectivity index (χ0v) is 15.3. The Labute approximate surface area is 155 Å². The molecule has 10 nitrogen and oxygen atoms in total. The van der Waals surface area contributed by atoms with Gasteiger partial charge in [0, 0.05) is 38.6 Å². The van der Waals surface area contributed by atoms with Crippen LogP contribution in [0.1, 0.15) is 26.9 Å². The molecule has 2 aromatic heterocycles. The Bertz CT molecular complexity index is 858. The molecule has 1 unspecified atom stereocenters. The van der Waals surface area contributed by atoms with Crippen LogP contribution >= 0.6 is 0 Å². The molecule has 0 aliphatic carbocycles. The van der Waals surface area contributed by atoms with Crippen molar-refractivity contribution in [3.63, 3.8) is 0 Å². The van der Waals surface area contributed by atoms with Gasteiger partial charge < -0.3 is 28.4 Å². The number of ether oxygens (including phenoxy) is 2. The molecule has 0 N–H and O–H groups in total. The highest BCUT2D eigenvalue weighted by molar-refractivity contribution is 5.92. The minimum atomic E-state index is -1.05. The number of rotatable bonds is 2. The van der Waals surface area contributed by atoms with Crippen LogP contribution < -0.4 is 0 Å². The van der Waals surface area contributed by atoms with E-state index in [1.54, 1.807) is 46.8 Å². The van der Waals surface area contributed by atoms with Crippen molar-refractivity contribution in [1.29, 1.82) is 0 Å². The third-order valence-electron chi connectivity index (χ3n) is 4.74. The summed E-state index contributed by atoms with van der Waals surface area (Å²) in [6, 6.07) is 1.60. The van der Waals surface area contributed by atoms with Crippen LogP contribution in [0.4, 0.5) is 0 Å². The van der Waals surface area contributed by atoms with Crippen molar-refractivity contribution in [2.24, 2.45) is 7.05 Å². The van der Waals surface area contributed by atoms with E-state index in [-0.39, 0.29) is 30.7 Å². The summed E-state index contributed by atoms with van der Waals surface area (Å²) >= 11 is 0. The van der Waals surface area contributed by atoms with Crippen molar-refractivity contribution in [1.82, 2.24) is 24.5 Å². The maximum atomic E-state index is 12.8. The first-order chi connectivity index (χ1) is 13.0. The minimum Gasteiger partial charge on any atom is -0.351 e. The monoisotopic (exact) mass is 375 g/mol. The van der Waals surface area contributed by atoms with Crippen molar-refractivity contribution in [2.45, 2.75) is 12.7 Å². The van der Waals surface area contributed by atoms with Crippen molar-refractivity contribution >= 4 is 11.8 Å². The molecule has 2 aliphatic heterocycles. The number of hydrogen-bond donors (Lipinski definition) is 0. The van der Waals surface area contributed by atoms with Gasteiger partial charge in [0.15, 0.2) is 5.82 Å². The normalized spacial score (nSPS) is 23.0. The summed E-state index contributed by atoms with van der Waals surface area (Å²) in [5.41, 5.74) is 0.641. The van der Waals surface area contributed by atoms with Crippen molar-refractivity contribution < 1.29 is 23.6 Å². The first-order valence-corrected chi connectivity index (χ1v) is 8.74. The van der Waals surface area contributed by atoms with Gasteiger partial charge in [0.2, 0.25) is 11.5 Å². The lowest BCUT2D eigenvalue weighted by atomic mass is 10.1. The topological polar surface area (TPSA) is 103 Å². The van der Waals surface area contributed by atoms with Crippen molar-refractivity contribution in [2.75, 3.05) is 39.4 Å². The quantitative estimate of drug-likeness (QED) is 0.731. The number of amides is 2. The zero-order chi connectivity index (χ0) is 19.0. The van der Waals surface area contributed by atoms with E-state index in [9.17, 15) is 9.59 Å². The number of imidazole rings is 1. The van der Waals surface area contributed by atoms with Gasteiger partial charge in [-0.05, 0) is 6.92 Å². The molecule has 0 aromatic carbocycles. The average molecular weight is 375 g/mol. The Balaban J connectivity index is 1.49. The summed E-state index contributed by atoms with van der Waals surface area (Å²) in [6.07, 6.45) is 3.31. The molecule has 4 heterocycles. The number of hydrogen-bond acceptors (Lipinski definition) is 7. The fourth-order valence-corrected chi connectivity index (χ4v) is 3.38. The standard InChI is InChI=1S/C17H21N5O5/c1-12-9-13(27-19-12)15(23)21-5-7-25-17(10-21)11-22(6-8-26-17)16(24)14-18-3-4-20(14)2/h3-4,9H,5-8,10-11H2,1-2H3. The number of morpholine rings is 2. The SMILES string of the molecule is Cc1cc(C(=O)N2CCOC3(C2)CN(C(=O)c2nccn2C)CCO3)on1. The first-order valence-electron chi connectivity index (χ1n) is 8.74. The van der Waals surface area contributed by atoms with Crippen LogP contribution in [0.25, 0.3) is 0 Å². The molecule has 2 saturated heterocycles. The molecule has 1 spiro atoms. The molecule has 2 amide bonds. The summed E-state index contributed by atoms with van der Waals surface area (Å²) in [7, 11) is 1.77. The van der Waals surface area contributed by atoms with E-state index in [0.29, 0.717) is 37.8 Å². The molecule has 2 aromatic rings. The Hall–Kier alpha value is -2.72. The third kappa shape index (κ3) is 3.33. The maximum absolute atomic E-state index is 12.8. The number of aryl methyl sites for hydroxylation is 2. The van der Waals surface area contributed by atoms with Crippen LogP contribution in [0.15, 0.2) is 23.0 Å². The van der Waals surface area contributed by atoms with Crippen LogP contribution in [0.5, 0.6) is 0 Å². The fraction of sp³-hybridized carbons (Fsp3) is 0.529. The van der Waals surface area contributed by atoms with Gasteiger partial charge in [0.25, 0.3) is 11.8 Å². The van der Waals surface area contributed by atoms with Gasteiger partial charge in [0.05, 0.1) is 32.0 Å². The van der Waals surface area contributed by atoms with Crippen LogP contribution in [0, 0.1) is 6.92 Å². The number of carbonyl (C=O) groups is 2. The molecule has 144 valence electrons. The van der Waals surface area contributed by atoms with E-state index < -0.39 is 5.79 Å². The Kier molecular flexibility index (Phi) is 4.44. The molecule has 4 rings (SSSR count). The van der Waals surface area contributed by atoms with Gasteiger partial charge in [-0.25, -0.2) is 4.98 Å². The summed E-state index contributed by atoms with van der Waals surface area (Å²) in [5, 5.41) is 3.76. The average Bonchev–Trinajstić information content (AvgIpc) is 3.29. The van der Waals surface area contributed by atoms with E-state index in [1.165, 1.54) is 0 Å². The van der Waals surface area contributed by atoms with Gasteiger partial charge in [0.1, 0.15) is 0 Å². The van der Waals surface area contributed by atoms with Crippen molar-refractivity contribution in [3.8, 4) is 0 Å². The predicted molar refractivity (Wildman–Crippen MR) is 90.9 cm³/mol. The van der Waals surface area contributed by atoms with E-state index in [1.807, 2.05) is 0 Å². The van der Waals surface area contributed by atoms with E-state index >= 15 is 0 Å². The first kappa shape index (κ1) is 17.7. The molecule has 27 heavy (non-hydrogen) atoms. The summed E-state index contributed by atoms with van der Waals surface area (Å²) < 4.78 is 18.5. The summed E-state index contributed by atoms with van der Waals surface area (Å²) in [4.78, 5) is 32.8. The maximum Gasteiger partial charge on any atom is 0.292 e. The van der Waals surface area contributed by atoms with Crippen LogP contribution in [0.3, 0.4) is 0 Å². The van der Waals surface area contributed by atoms with Gasteiger partial charge in [-0.15, -0.1) is 0 Å². The van der Waals surface area contributed by atoms with E-state index in [2.05, 4.69) is 10.1 Å². The molecule has 0 bridgehead atoms. The lowest BCUT2D eigenvalue weighted by molar-refractivity contribution is -0.282. The highest BCUT2D eigenvalue weighted by Crippen LogP contribution is 2.26. The summed E-state index contributed by atoms with van der Waals surface area (Å²) in [6.45, 7) is 3.66. The number of carbonyl (C=O) groups excluding carboxylic acids is 2. The third-order valence-corrected chi connectivity index (χ3v) is 4.74. The lowest BCUT2D eigenvalue weighted by Gasteiger charge is -2.47. The fourth-order valence-electron chi connectivity index (χ4n) is 3.38. The molecule has 1 atom stereocenters. The Morgan fingerprint density at radius 3 is 2.33 bits per heavy atom. The highest BCUT2D eigenvalue weighted by Gasteiger charge is 2.45. The molecule has 10 heteroatoms. The second-order valence-corrected chi connectivity index (χ2v) is 6.76. The van der Waals surface area contributed by atoms with Crippen LogP contribution in [-0.2, 0) is 16.5 Å². The second kappa shape index (κ2) is 6.78. The predicted octanol–water partition coefficient (Wildman–Crippen LogP) is 0.0578. The molecule has 0 saturated carbocycles. The number of aromatic nitrogens is 3. The molecular weight excluding hydrogens is 354 g/mol. The molecule has 0 radical (unpaired) electrons. The highest BCUT2D eigenvalue weighted by atomic mass is 16.7. The zero-order valence-electron chi connectivity index (χ0n) is 15.3. The van der Waals surface area contributed by atoms with E-state index in [4.69, 9.17) is 14.0 Å². The Morgan fingerprint density at radius 1 is 1.11 bits per heavy atom. The van der Waals surface area contributed by atoms with E-state index in [0.717, 1.165) is 0 Å². The summed E-state index contributed by atoms with van der Waals surface area (Å²) in [5.74, 6) is -0.978. The van der Waals surface area contributed by atoms with Crippen LogP contribution in [-0.4, -0.2) is 81.5 Å². The smallest absolute Gasteiger partial charge is 0.292 e.